The molecular formula is C20H12N2O2. The van der Waals surface area contributed by atoms with Crippen molar-refractivity contribution in [3.63, 3.8) is 0 Å². The zero-order valence-electron chi connectivity index (χ0n) is 12.6. The van der Waals surface area contributed by atoms with Gasteiger partial charge in [-0.05, 0) is 35.0 Å². The van der Waals surface area contributed by atoms with Crippen molar-refractivity contribution in [2.75, 3.05) is 0 Å². The SMILES string of the molecule is Oc1cccc2ccc3nc4c(ccc5cccc(O)c54)nc3c12. The minimum atomic E-state index is 0.190. The largest absolute Gasteiger partial charge is 0.507 e. The van der Waals surface area contributed by atoms with Gasteiger partial charge in [0.2, 0.25) is 0 Å². The summed E-state index contributed by atoms with van der Waals surface area (Å²) in [6, 6.07) is 18.4. The van der Waals surface area contributed by atoms with E-state index in [0.717, 1.165) is 10.8 Å². The van der Waals surface area contributed by atoms with Gasteiger partial charge in [-0.3, -0.25) is 0 Å². The molecule has 1 aromatic heterocycles. The van der Waals surface area contributed by atoms with Crippen molar-refractivity contribution >= 4 is 43.6 Å². The Morgan fingerprint density at radius 1 is 0.542 bits per heavy atom. The zero-order valence-corrected chi connectivity index (χ0v) is 12.6. The molecule has 1 heterocycles. The summed E-state index contributed by atoms with van der Waals surface area (Å²) in [6.45, 7) is 0. The Morgan fingerprint density at radius 3 is 1.46 bits per heavy atom. The Hall–Kier alpha value is -3.40. The smallest absolute Gasteiger partial charge is 0.125 e. The van der Waals surface area contributed by atoms with Gasteiger partial charge < -0.3 is 10.2 Å². The highest BCUT2D eigenvalue weighted by Gasteiger charge is 2.12. The normalized spacial score (nSPS) is 11.7. The second kappa shape index (κ2) is 4.55. The van der Waals surface area contributed by atoms with E-state index in [9.17, 15) is 10.2 Å². The number of phenols is 2. The van der Waals surface area contributed by atoms with Gasteiger partial charge in [0.25, 0.3) is 0 Å². The fourth-order valence-electron chi connectivity index (χ4n) is 3.31. The van der Waals surface area contributed by atoms with Crippen LogP contribution in [0.3, 0.4) is 0 Å². The van der Waals surface area contributed by atoms with Crippen molar-refractivity contribution in [1.82, 2.24) is 9.97 Å². The van der Waals surface area contributed by atoms with Crippen LogP contribution in [0.2, 0.25) is 0 Å². The summed E-state index contributed by atoms with van der Waals surface area (Å²) in [7, 11) is 0. The quantitative estimate of drug-likeness (QED) is 0.326. The highest BCUT2D eigenvalue weighted by Crippen LogP contribution is 2.34. The Balaban J connectivity index is 2.04. The van der Waals surface area contributed by atoms with E-state index in [0.29, 0.717) is 32.8 Å². The molecule has 4 aromatic carbocycles. The maximum atomic E-state index is 10.2. The van der Waals surface area contributed by atoms with E-state index in [-0.39, 0.29) is 11.5 Å². The second-order valence-electron chi connectivity index (χ2n) is 5.84. The third-order valence-electron chi connectivity index (χ3n) is 4.41. The average molecular weight is 312 g/mol. The lowest BCUT2D eigenvalue weighted by molar-refractivity contribution is 0.481. The molecular weight excluding hydrogens is 300 g/mol. The number of aromatic nitrogens is 2. The standard InChI is InChI=1S/C20H12N2O2/c23-15-5-1-3-11-7-9-13-19(17(11)15)21-14-10-8-12-4-2-6-16(24)18(12)20(14)22-13/h1-10,23-24H. The van der Waals surface area contributed by atoms with Crippen molar-refractivity contribution in [2.24, 2.45) is 0 Å². The van der Waals surface area contributed by atoms with Crippen molar-refractivity contribution in [3.8, 4) is 11.5 Å². The summed E-state index contributed by atoms with van der Waals surface area (Å²) in [6.07, 6.45) is 0. The highest BCUT2D eigenvalue weighted by atomic mass is 16.3. The van der Waals surface area contributed by atoms with E-state index >= 15 is 0 Å². The first kappa shape index (κ1) is 13.1. The number of aromatic hydroxyl groups is 2. The van der Waals surface area contributed by atoms with Gasteiger partial charge in [0.05, 0.1) is 21.8 Å². The molecule has 0 saturated heterocycles. The van der Waals surface area contributed by atoms with E-state index in [1.54, 1.807) is 12.1 Å². The molecule has 0 saturated carbocycles. The van der Waals surface area contributed by atoms with Crippen molar-refractivity contribution in [1.29, 1.82) is 0 Å². The number of hydrogen-bond donors (Lipinski definition) is 2. The Bertz CT molecular complexity index is 1180. The van der Waals surface area contributed by atoms with Crippen LogP contribution in [-0.4, -0.2) is 20.2 Å². The molecule has 24 heavy (non-hydrogen) atoms. The van der Waals surface area contributed by atoms with E-state index in [1.807, 2.05) is 48.5 Å². The number of nitrogens with zero attached hydrogens (tertiary/aromatic N) is 2. The summed E-state index contributed by atoms with van der Waals surface area (Å²) < 4.78 is 0. The molecule has 0 amide bonds. The Kier molecular flexibility index (Phi) is 2.48. The van der Waals surface area contributed by atoms with Crippen molar-refractivity contribution in [2.45, 2.75) is 0 Å². The third-order valence-corrected chi connectivity index (χ3v) is 4.41. The molecule has 5 aromatic rings. The van der Waals surface area contributed by atoms with Gasteiger partial charge in [-0.2, -0.15) is 0 Å². The van der Waals surface area contributed by atoms with Crippen LogP contribution < -0.4 is 0 Å². The number of fused-ring (bicyclic) bond motifs is 6. The van der Waals surface area contributed by atoms with Crippen LogP contribution >= 0.6 is 0 Å². The lowest BCUT2D eigenvalue weighted by Gasteiger charge is -2.09. The minimum Gasteiger partial charge on any atom is -0.507 e. The molecule has 0 radical (unpaired) electrons. The maximum Gasteiger partial charge on any atom is 0.125 e. The molecule has 0 aliphatic rings. The minimum absolute atomic E-state index is 0.190. The predicted molar refractivity (Wildman–Crippen MR) is 95.4 cm³/mol. The molecule has 0 atom stereocenters. The molecule has 4 nitrogen and oxygen atoms in total. The average Bonchev–Trinajstić information content (AvgIpc) is 2.60. The van der Waals surface area contributed by atoms with Crippen LogP contribution in [0.4, 0.5) is 0 Å². The fraction of sp³-hybridized carbons (Fsp3) is 0. The van der Waals surface area contributed by atoms with Crippen LogP contribution in [0, 0.1) is 0 Å². The van der Waals surface area contributed by atoms with E-state index in [2.05, 4.69) is 0 Å². The fourth-order valence-corrected chi connectivity index (χ4v) is 3.31. The molecule has 0 unspecified atom stereocenters. The summed E-state index contributed by atoms with van der Waals surface area (Å²) in [5.74, 6) is 0.380. The number of hydrogen-bond acceptors (Lipinski definition) is 4. The van der Waals surface area contributed by atoms with Crippen molar-refractivity contribution < 1.29 is 10.2 Å². The second-order valence-corrected chi connectivity index (χ2v) is 5.84. The summed E-state index contributed by atoms with van der Waals surface area (Å²) >= 11 is 0. The first-order valence-electron chi connectivity index (χ1n) is 7.65. The monoisotopic (exact) mass is 312 g/mol. The molecule has 0 aliphatic carbocycles. The van der Waals surface area contributed by atoms with Crippen LogP contribution in [0.15, 0.2) is 60.7 Å². The van der Waals surface area contributed by atoms with Gasteiger partial charge in [0.1, 0.15) is 22.5 Å². The molecule has 0 fully saturated rings. The molecule has 114 valence electrons. The molecule has 5 rings (SSSR count). The van der Waals surface area contributed by atoms with Crippen LogP contribution in [-0.2, 0) is 0 Å². The summed E-state index contributed by atoms with van der Waals surface area (Å²) in [5.41, 5.74) is 2.69. The number of rotatable bonds is 0. The van der Waals surface area contributed by atoms with Gasteiger partial charge in [-0.15, -0.1) is 0 Å². The van der Waals surface area contributed by atoms with E-state index in [4.69, 9.17) is 9.97 Å². The van der Waals surface area contributed by atoms with E-state index < -0.39 is 0 Å². The summed E-state index contributed by atoms with van der Waals surface area (Å²) in [5, 5.41) is 23.7. The lowest BCUT2D eigenvalue weighted by atomic mass is 10.1. The van der Waals surface area contributed by atoms with Crippen molar-refractivity contribution in [3.05, 3.63) is 60.7 Å². The highest BCUT2D eigenvalue weighted by molar-refractivity contribution is 6.13. The van der Waals surface area contributed by atoms with Gasteiger partial charge in [-0.1, -0.05) is 36.4 Å². The molecule has 2 N–H and O–H groups in total. The predicted octanol–water partition coefficient (Wildman–Crippen LogP) is 4.50. The van der Waals surface area contributed by atoms with Gasteiger partial charge in [0, 0.05) is 0 Å². The van der Waals surface area contributed by atoms with E-state index in [1.165, 1.54) is 0 Å². The lowest BCUT2D eigenvalue weighted by Crippen LogP contribution is -1.90. The Labute approximate surface area is 136 Å². The van der Waals surface area contributed by atoms with Gasteiger partial charge in [-0.25, -0.2) is 9.97 Å². The molecule has 0 spiro atoms. The first-order chi connectivity index (χ1) is 11.7. The molecule has 0 aliphatic heterocycles. The first-order valence-corrected chi connectivity index (χ1v) is 7.65. The third kappa shape index (κ3) is 1.68. The molecule has 4 heteroatoms. The van der Waals surface area contributed by atoms with Crippen LogP contribution in [0.25, 0.3) is 43.6 Å². The van der Waals surface area contributed by atoms with Gasteiger partial charge >= 0.3 is 0 Å². The Morgan fingerprint density at radius 2 is 1.00 bits per heavy atom. The summed E-state index contributed by atoms with van der Waals surface area (Å²) in [4.78, 5) is 9.45. The van der Waals surface area contributed by atoms with Gasteiger partial charge in [0.15, 0.2) is 0 Å². The zero-order chi connectivity index (χ0) is 16.3. The topological polar surface area (TPSA) is 66.2 Å². The number of benzene rings is 4. The number of phenolic OH excluding ortho intramolecular Hbond substituents is 2. The van der Waals surface area contributed by atoms with Crippen LogP contribution in [0.1, 0.15) is 0 Å². The van der Waals surface area contributed by atoms with Crippen LogP contribution in [0.5, 0.6) is 11.5 Å². The maximum absolute atomic E-state index is 10.2. The molecule has 0 bridgehead atoms.